The zero-order valence-corrected chi connectivity index (χ0v) is 15.2. The second-order valence-electron chi connectivity index (χ2n) is 5.83. The Bertz CT molecular complexity index is 965. The van der Waals surface area contributed by atoms with Crippen molar-refractivity contribution in [1.29, 1.82) is 0 Å². The van der Waals surface area contributed by atoms with Crippen molar-refractivity contribution in [3.05, 3.63) is 42.0 Å². The topological polar surface area (TPSA) is 85.7 Å². The first-order valence-electron chi connectivity index (χ1n) is 8.24. The molecule has 0 aliphatic rings. The molecule has 8 heteroatoms. The Kier molecular flexibility index (Phi) is 5.56. The molecule has 3 aromatic rings. The van der Waals surface area contributed by atoms with E-state index in [1.165, 1.54) is 25.6 Å². The molecule has 7 nitrogen and oxygen atoms in total. The third-order valence-corrected chi connectivity index (χ3v) is 4.00. The summed E-state index contributed by atoms with van der Waals surface area (Å²) >= 11 is 0. The number of methoxy groups -OCH3 is 2. The van der Waals surface area contributed by atoms with Crippen molar-refractivity contribution in [3.63, 3.8) is 0 Å². The molecule has 0 unspecified atom stereocenters. The van der Waals surface area contributed by atoms with E-state index in [-0.39, 0.29) is 11.4 Å². The number of aromatic hydroxyl groups is 1. The lowest BCUT2D eigenvalue weighted by atomic mass is 10.1. The Labute approximate surface area is 155 Å². The van der Waals surface area contributed by atoms with Crippen molar-refractivity contribution in [2.24, 2.45) is 0 Å². The lowest BCUT2D eigenvalue weighted by molar-refractivity contribution is 0.144. The van der Waals surface area contributed by atoms with E-state index < -0.39 is 5.82 Å². The molecule has 0 fully saturated rings. The lowest BCUT2D eigenvalue weighted by Gasteiger charge is -2.14. The highest BCUT2D eigenvalue weighted by molar-refractivity contribution is 5.93. The van der Waals surface area contributed by atoms with Gasteiger partial charge in [-0.25, -0.2) is 14.4 Å². The number of ether oxygens (including phenoxy) is 3. The van der Waals surface area contributed by atoms with Gasteiger partial charge in [0.2, 0.25) is 0 Å². The molecule has 0 saturated heterocycles. The Morgan fingerprint density at radius 1 is 1.07 bits per heavy atom. The Balaban J connectivity index is 2.00. The van der Waals surface area contributed by atoms with Crippen LogP contribution in [0, 0.1) is 12.7 Å². The fourth-order valence-electron chi connectivity index (χ4n) is 2.56. The van der Waals surface area contributed by atoms with Crippen LogP contribution >= 0.6 is 0 Å². The summed E-state index contributed by atoms with van der Waals surface area (Å²) in [7, 11) is 3.12. The minimum Gasteiger partial charge on any atom is -0.508 e. The summed E-state index contributed by atoms with van der Waals surface area (Å²) in [5.74, 6) is 0.880. The molecule has 1 heterocycles. The number of phenols is 1. The molecule has 142 valence electrons. The maximum absolute atomic E-state index is 14.2. The van der Waals surface area contributed by atoms with Gasteiger partial charge >= 0.3 is 0 Å². The number of fused-ring (bicyclic) bond motifs is 1. The summed E-state index contributed by atoms with van der Waals surface area (Å²) in [5, 5.41) is 13.4. The number of nitrogens with zero attached hydrogens (tertiary/aromatic N) is 2. The molecule has 1 aromatic heterocycles. The summed E-state index contributed by atoms with van der Waals surface area (Å²) < 4.78 is 30.3. The largest absolute Gasteiger partial charge is 0.508 e. The van der Waals surface area contributed by atoms with Gasteiger partial charge in [0.15, 0.2) is 11.5 Å². The van der Waals surface area contributed by atoms with Gasteiger partial charge in [0, 0.05) is 24.6 Å². The molecule has 0 bridgehead atoms. The maximum Gasteiger partial charge on any atom is 0.163 e. The molecule has 0 spiro atoms. The Morgan fingerprint density at radius 3 is 2.63 bits per heavy atom. The average molecular weight is 373 g/mol. The number of aryl methyl sites for hydroxylation is 1. The number of phenolic OH excluding ortho intramolecular Hbond substituents is 1. The fraction of sp³-hybridized carbons (Fsp3) is 0.263. The highest BCUT2D eigenvalue weighted by Crippen LogP contribution is 2.35. The van der Waals surface area contributed by atoms with E-state index in [4.69, 9.17) is 14.2 Å². The first-order chi connectivity index (χ1) is 13.0. The molecule has 2 N–H and O–H groups in total. The SMILES string of the molecule is COCCOc1cc2ncnc(Nc3cc(O)c(C)cc3F)c2cc1OC. The zero-order chi connectivity index (χ0) is 19.4. The summed E-state index contributed by atoms with van der Waals surface area (Å²) in [5.41, 5.74) is 1.15. The zero-order valence-electron chi connectivity index (χ0n) is 15.2. The van der Waals surface area contributed by atoms with Crippen LogP contribution in [0.3, 0.4) is 0 Å². The number of aromatic nitrogens is 2. The van der Waals surface area contributed by atoms with E-state index in [1.807, 2.05) is 0 Å². The average Bonchev–Trinajstić information content (AvgIpc) is 2.66. The minimum atomic E-state index is -0.497. The van der Waals surface area contributed by atoms with Gasteiger partial charge in [0.1, 0.15) is 30.3 Å². The van der Waals surface area contributed by atoms with Crippen LogP contribution in [0.25, 0.3) is 10.9 Å². The Morgan fingerprint density at radius 2 is 1.89 bits per heavy atom. The van der Waals surface area contributed by atoms with Crippen LogP contribution in [0.15, 0.2) is 30.6 Å². The number of benzene rings is 2. The number of rotatable bonds is 7. The van der Waals surface area contributed by atoms with Crippen molar-refractivity contribution in [2.45, 2.75) is 6.92 Å². The minimum absolute atomic E-state index is 0.0105. The maximum atomic E-state index is 14.2. The van der Waals surface area contributed by atoms with Gasteiger partial charge in [-0.3, -0.25) is 0 Å². The molecule has 3 rings (SSSR count). The third kappa shape index (κ3) is 4.01. The van der Waals surface area contributed by atoms with E-state index in [2.05, 4.69) is 15.3 Å². The summed E-state index contributed by atoms with van der Waals surface area (Å²) in [6.07, 6.45) is 1.36. The number of halogens is 1. The predicted molar refractivity (Wildman–Crippen MR) is 99.5 cm³/mol. The van der Waals surface area contributed by atoms with Crippen molar-refractivity contribution >= 4 is 22.4 Å². The van der Waals surface area contributed by atoms with E-state index in [0.29, 0.717) is 47.0 Å². The second-order valence-corrected chi connectivity index (χ2v) is 5.83. The van der Waals surface area contributed by atoms with E-state index in [1.54, 1.807) is 26.2 Å². The summed E-state index contributed by atoms with van der Waals surface area (Å²) in [6, 6.07) is 6.01. The summed E-state index contributed by atoms with van der Waals surface area (Å²) in [6.45, 7) is 2.43. The van der Waals surface area contributed by atoms with Crippen LogP contribution in [-0.2, 0) is 4.74 Å². The molecular formula is C19H20FN3O4. The van der Waals surface area contributed by atoms with Gasteiger partial charge in [-0.15, -0.1) is 0 Å². The smallest absolute Gasteiger partial charge is 0.163 e. The molecule has 2 aromatic carbocycles. The third-order valence-electron chi connectivity index (χ3n) is 4.00. The summed E-state index contributed by atoms with van der Waals surface area (Å²) in [4.78, 5) is 8.43. The van der Waals surface area contributed by atoms with Gasteiger partial charge in [-0.05, 0) is 24.6 Å². The first kappa shape index (κ1) is 18.7. The highest BCUT2D eigenvalue weighted by Gasteiger charge is 2.14. The van der Waals surface area contributed by atoms with Crippen LogP contribution in [0.2, 0.25) is 0 Å². The molecule has 0 aliphatic heterocycles. The second kappa shape index (κ2) is 8.05. The van der Waals surface area contributed by atoms with Crippen molar-refractivity contribution in [1.82, 2.24) is 9.97 Å². The van der Waals surface area contributed by atoms with Crippen LogP contribution in [0.4, 0.5) is 15.9 Å². The van der Waals surface area contributed by atoms with Crippen molar-refractivity contribution in [2.75, 3.05) is 32.8 Å². The monoisotopic (exact) mass is 373 g/mol. The van der Waals surface area contributed by atoms with E-state index in [0.717, 1.165) is 0 Å². The molecular weight excluding hydrogens is 353 g/mol. The van der Waals surface area contributed by atoms with E-state index in [9.17, 15) is 9.50 Å². The molecule has 0 aliphatic carbocycles. The van der Waals surface area contributed by atoms with Gasteiger partial charge in [-0.2, -0.15) is 0 Å². The highest BCUT2D eigenvalue weighted by atomic mass is 19.1. The van der Waals surface area contributed by atoms with Crippen LogP contribution < -0.4 is 14.8 Å². The number of hydrogen-bond acceptors (Lipinski definition) is 7. The van der Waals surface area contributed by atoms with Gasteiger partial charge in [-0.1, -0.05) is 0 Å². The van der Waals surface area contributed by atoms with Crippen molar-refractivity contribution in [3.8, 4) is 17.2 Å². The molecule has 27 heavy (non-hydrogen) atoms. The Hall–Kier alpha value is -3.13. The van der Waals surface area contributed by atoms with E-state index >= 15 is 0 Å². The number of nitrogens with one attached hydrogen (secondary N) is 1. The predicted octanol–water partition coefficient (Wildman–Crippen LogP) is 3.56. The quantitative estimate of drug-likeness (QED) is 0.613. The lowest BCUT2D eigenvalue weighted by Crippen LogP contribution is -2.06. The number of anilines is 2. The van der Waals surface area contributed by atoms with Crippen molar-refractivity contribution < 1.29 is 23.7 Å². The molecule has 0 atom stereocenters. The van der Waals surface area contributed by atoms with Gasteiger partial charge in [0.25, 0.3) is 0 Å². The van der Waals surface area contributed by atoms with Crippen LogP contribution in [0.5, 0.6) is 17.2 Å². The molecule has 0 radical (unpaired) electrons. The molecule has 0 saturated carbocycles. The van der Waals surface area contributed by atoms with Crippen LogP contribution in [-0.4, -0.2) is 42.5 Å². The normalized spacial score (nSPS) is 10.8. The molecule has 0 amide bonds. The standard InChI is InChI=1S/C19H20FN3O4/c1-11-6-13(20)15(8-16(11)24)23-19-12-7-17(26-3)18(27-5-4-25-2)9-14(12)21-10-22-19/h6-10,24H,4-5H2,1-3H3,(H,21,22,23). The van der Waals surface area contributed by atoms with Gasteiger partial charge in [0.05, 0.1) is 24.9 Å². The fourth-order valence-corrected chi connectivity index (χ4v) is 2.56. The van der Waals surface area contributed by atoms with Gasteiger partial charge < -0.3 is 24.6 Å². The van der Waals surface area contributed by atoms with Crippen LogP contribution in [0.1, 0.15) is 5.56 Å². The first-order valence-corrected chi connectivity index (χ1v) is 8.24. The number of hydrogen-bond donors (Lipinski definition) is 2.